The first kappa shape index (κ1) is 19.8. The number of imide groups is 1. The van der Waals surface area contributed by atoms with Gasteiger partial charge in [0.15, 0.2) is 0 Å². The van der Waals surface area contributed by atoms with Crippen LogP contribution in [0.5, 0.6) is 0 Å². The van der Waals surface area contributed by atoms with Crippen LogP contribution in [0.1, 0.15) is 24.5 Å². The second-order valence-electron chi connectivity index (χ2n) is 6.46. The van der Waals surface area contributed by atoms with Crippen LogP contribution >= 0.6 is 11.6 Å². The minimum Gasteiger partial charge on any atom is -0.350 e. The molecular formula is C20H19ClFN3O3. The molecule has 0 saturated carbocycles. The van der Waals surface area contributed by atoms with E-state index in [4.69, 9.17) is 11.6 Å². The molecule has 1 fully saturated rings. The van der Waals surface area contributed by atoms with Gasteiger partial charge in [0.05, 0.1) is 0 Å². The number of halogens is 2. The van der Waals surface area contributed by atoms with Crippen molar-refractivity contribution < 1.29 is 18.8 Å². The van der Waals surface area contributed by atoms with E-state index in [1.54, 1.807) is 31.2 Å². The first-order valence-corrected chi connectivity index (χ1v) is 9.15. The summed E-state index contributed by atoms with van der Waals surface area (Å²) in [6.07, 6.45) is 0.265. The Morgan fingerprint density at radius 1 is 1.18 bits per heavy atom. The molecule has 28 heavy (non-hydrogen) atoms. The molecule has 146 valence electrons. The molecule has 0 radical (unpaired) electrons. The molecule has 0 unspecified atom stereocenters. The van der Waals surface area contributed by atoms with E-state index in [0.29, 0.717) is 10.6 Å². The quantitative estimate of drug-likeness (QED) is 0.728. The molecule has 0 aliphatic carbocycles. The Morgan fingerprint density at radius 2 is 1.86 bits per heavy atom. The highest BCUT2D eigenvalue weighted by Gasteiger charge is 2.51. The third-order valence-corrected chi connectivity index (χ3v) is 5.15. The van der Waals surface area contributed by atoms with Gasteiger partial charge in [0, 0.05) is 11.6 Å². The number of amides is 4. The summed E-state index contributed by atoms with van der Waals surface area (Å²) in [5, 5.41) is 5.82. The van der Waals surface area contributed by atoms with Crippen molar-refractivity contribution in [3.8, 4) is 0 Å². The van der Waals surface area contributed by atoms with E-state index in [2.05, 4.69) is 10.6 Å². The molecule has 2 aromatic rings. The molecule has 0 aromatic heterocycles. The average Bonchev–Trinajstić information content (AvgIpc) is 2.93. The molecule has 6 nitrogen and oxygen atoms in total. The van der Waals surface area contributed by atoms with Crippen molar-refractivity contribution in [3.63, 3.8) is 0 Å². The van der Waals surface area contributed by atoms with E-state index in [-0.39, 0.29) is 13.0 Å². The molecule has 2 aromatic carbocycles. The summed E-state index contributed by atoms with van der Waals surface area (Å²) in [5.41, 5.74) is -0.119. The van der Waals surface area contributed by atoms with Gasteiger partial charge in [0.2, 0.25) is 5.91 Å². The number of carbonyl (C=O) groups excluding carboxylic acids is 3. The van der Waals surface area contributed by atoms with Gasteiger partial charge in [-0.2, -0.15) is 0 Å². The van der Waals surface area contributed by atoms with Crippen LogP contribution in [0, 0.1) is 5.82 Å². The summed E-state index contributed by atoms with van der Waals surface area (Å²) in [7, 11) is 0. The van der Waals surface area contributed by atoms with Gasteiger partial charge in [-0.15, -0.1) is 0 Å². The fraction of sp³-hybridized carbons (Fsp3) is 0.250. The van der Waals surface area contributed by atoms with Gasteiger partial charge in [-0.1, -0.05) is 48.9 Å². The van der Waals surface area contributed by atoms with E-state index in [1.165, 1.54) is 24.3 Å². The van der Waals surface area contributed by atoms with Gasteiger partial charge >= 0.3 is 6.03 Å². The molecule has 0 spiro atoms. The Bertz CT molecular complexity index is 919. The molecule has 3 rings (SSSR count). The maximum absolute atomic E-state index is 13.2. The number of hydrogen-bond donors (Lipinski definition) is 2. The monoisotopic (exact) mass is 403 g/mol. The molecule has 2 N–H and O–H groups in total. The summed E-state index contributed by atoms with van der Waals surface area (Å²) >= 11 is 6.05. The van der Waals surface area contributed by atoms with E-state index in [0.717, 1.165) is 10.5 Å². The zero-order chi connectivity index (χ0) is 20.3. The molecule has 1 saturated heterocycles. The molecule has 4 amide bonds. The summed E-state index contributed by atoms with van der Waals surface area (Å²) < 4.78 is 13.2. The van der Waals surface area contributed by atoms with E-state index in [9.17, 15) is 18.8 Å². The highest BCUT2D eigenvalue weighted by molar-refractivity contribution is 6.31. The number of hydrogen-bond acceptors (Lipinski definition) is 3. The van der Waals surface area contributed by atoms with Crippen molar-refractivity contribution in [2.75, 3.05) is 6.54 Å². The second-order valence-corrected chi connectivity index (χ2v) is 6.86. The lowest BCUT2D eigenvalue weighted by atomic mass is 9.87. The predicted molar refractivity (Wildman–Crippen MR) is 102 cm³/mol. The number of carbonyl (C=O) groups is 3. The highest BCUT2D eigenvalue weighted by atomic mass is 35.5. The lowest BCUT2D eigenvalue weighted by Crippen LogP contribution is -2.44. The summed E-state index contributed by atoms with van der Waals surface area (Å²) in [4.78, 5) is 38.5. The number of nitrogens with one attached hydrogen (secondary N) is 2. The summed E-state index contributed by atoms with van der Waals surface area (Å²) in [6.45, 7) is 1.50. The zero-order valence-electron chi connectivity index (χ0n) is 15.2. The van der Waals surface area contributed by atoms with Gasteiger partial charge in [-0.05, 0) is 35.7 Å². The topological polar surface area (TPSA) is 78.5 Å². The third kappa shape index (κ3) is 3.71. The van der Waals surface area contributed by atoms with Crippen LogP contribution in [0.25, 0.3) is 0 Å². The van der Waals surface area contributed by atoms with Crippen molar-refractivity contribution in [1.29, 1.82) is 0 Å². The smallest absolute Gasteiger partial charge is 0.325 e. The molecule has 8 heteroatoms. The molecule has 1 aliphatic heterocycles. The maximum Gasteiger partial charge on any atom is 0.325 e. The fourth-order valence-electron chi connectivity index (χ4n) is 3.18. The van der Waals surface area contributed by atoms with Crippen LogP contribution < -0.4 is 10.6 Å². The lowest BCUT2D eigenvalue weighted by Gasteiger charge is -2.25. The molecule has 1 aliphatic rings. The number of nitrogens with zero attached hydrogens (tertiary/aromatic N) is 1. The second kappa shape index (κ2) is 7.98. The normalized spacial score (nSPS) is 18.9. The van der Waals surface area contributed by atoms with Crippen molar-refractivity contribution in [3.05, 3.63) is 70.5 Å². The minimum absolute atomic E-state index is 0.180. The van der Waals surface area contributed by atoms with Crippen molar-refractivity contribution >= 4 is 29.4 Å². The van der Waals surface area contributed by atoms with Gasteiger partial charge in [0.1, 0.15) is 17.9 Å². The molecule has 1 atom stereocenters. The SMILES string of the molecule is CC[C@@]1(c2ccc(F)cc2)NC(=O)N(CC(=O)NCc2ccccc2Cl)C1=O. The maximum atomic E-state index is 13.2. The van der Waals surface area contributed by atoms with Gasteiger partial charge in [0.25, 0.3) is 5.91 Å². The summed E-state index contributed by atoms with van der Waals surface area (Å²) in [5.74, 6) is -1.48. The standard InChI is InChI=1S/C20H19ClFN3O3/c1-2-20(14-7-9-15(22)10-8-14)18(27)25(19(28)24-20)12-17(26)23-11-13-5-3-4-6-16(13)21/h3-10H,2,11-12H2,1H3,(H,23,26)(H,24,28)/t20-/m0/s1. The van der Waals surface area contributed by atoms with E-state index in [1.807, 2.05) is 0 Å². The van der Waals surface area contributed by atoms with Crippen LogP contribution in [-0.2, 0) is 21.7 Å². The van der Waals surface area contributed by atoms with E-state index < -0.39 is 35.7 Å². The summed E-state index contributed by atoms with van der Waals surface area (Å²) in [6, 6.07) is 11.8. The Morgan fingerprint density at radius 3 is 2.50 bits per heavy atom. The molecular weight excluding hydrogens is 385 g/mol. The Balaban J connectivity index is 1.71. The van der Waals surface area contributed by atoms with Gasteiger partial charge in [-0.25, -0.2) is 9.18 Å². The average molecular weight is 404 g/mol. The van der Waals surface area contributed by atoms with Crippen molar-refractivity contribution in [2.24, 2.45) is 0 Å². The minimum atomic E-state index is -1.31. The van der Waals surface area contributed by atoms with Crippen molar-refractivity contribution in [1.82, 2.24) is 15.5 Å². The van der Waals surface area contributed by atoms with Crippen LogP contribution in [-0.4, -0.2) is 29.3 Å². The van der Waals surface area contributed by atoms with Crippen molar-refractivity contribution in [2.45, 2.75) is 25.4 Å². The first-order valence-electron chi connectivity index (χ1n) is 8.77. The Hall–Kier alpha value is -2.93. The Labute approximate surface area is 166 Å². The van der Waals surface area contributed by atoms with Crippen LogP contribution in [0.15, 0.2) is 48.5 Å². The third-order valence-electron chi connectivity index (χ3n) is 4.78. The first-order chi connectivity index (χ1) is 13.4. The molecule has 0 bridgehead atoms. The lowest BCUT2D eigenvalue weighted by molar-refractivity contribution is -0.135. The predicted octanol–water partition coefficient (Wildman–Crippen LogP) is 2.95. The van der Waals surface area contributed by atoms with Gasteiger partial charge in [-0.3, -0.25) is 14.5 Å². The zero-order valence-corrected chi connectivity index (χ0v) is 15.9. The van der Waals surface area contributed by atoms with Crippen LogP contribution in [0.2, 0.25) is 5.02 Å². The number of urea groups is 1. The van der Waals surface area contributed by atoms with Gasteiger partial charge < -0.3 is 10.6 Å². The fourth-order valence-corrected chi connectivity index (χ4v) is 3.38. The van der Waals surface area contributed by atoms with Crippen LogP contribution in [0.4, 0.5) is 9.18 Å². The number of benzene rings is 2. The number of rotatable bonds is 6. The largest absolute Gasteiger partial charge is 0.350 e. The van der Waals surface area contributed by atoms with E-state index >= 15 is 0 Å². The Kier molecular flexibility index (Phi) is 5.65. The molecule has 1 heterocycles. The highest BCUT2D eigenvalue weighted by Crippen LogP contribution is 2.32. The van der Waals surface area contributed by atoms with Crippen LogP contribution in [0.3, 0.4) is 0 Å².